The van der Waals surface area contributed by atoms with Crippen LogP contribution in [0.2, 0.25) is 0 Å². The largest absolute Gasteiger partial charge is 0.488 e. The van der Waals surface area contributed by atoms with Gasteiger partial charge in [0, 0.05) is 33.8 Å². The Labute approximate surface area is 229 Å². The zero-order valence-electron chi connectivity index (χ0n) is 20.5. The van der Waals surface area contributed by atoms with Crippen molar-refractivity contribution in [3.63, 3.8) is 0 Å². The van der Waals surface area contributed by atoms with Gasteiger partial charge in [0.05, 0.1) is 6.54 Å². The summed E-state index contributed by atoms with van der Waals surface area (Å²) in [6.45, 7) is -0.476. The topological polar surface area (TPSA) is 86.0 Å². The summed E-state index contributed by atoms with van der Waals surface area (Å²) in [5.41, 5.74) is -3.92. The Kier molecular flexibility index (Phi) is 7.59. The van der Waals surface area contributed by atoms with Crippen LogP contribution < -0.4 is 4.74 Å². The standard InChI is InChI=1S/C28H19F4N5O2S/c29-21-8-11-24(25(30)14-21)27(38,17-37-18-34-35-36-37)28(31,32)26-12-7-20(15-33-26)4-3-19-5-9-22(10-6-19)39-16-23-2-1-13-40-23/h1-2,5-15,18,38H,16-17H2. The Hall–Kier alpha value is -4.60. The molecule has 0 fully saturated rings. The minimum Gasteiger partial charge on any atom is -0.488 e. The minimum atomic E-state index is -4.15. The van der Waals surface area contributed by atoms with Crippen molar-refractivity contribution in [3.05, 3.63) is 124 Å². The number of thiophene rings is 1. The van der Waals surface area contributed by atoms with Gasteiger partial charge in [0.1, 0.15) is 36.0 Å². The second kappa shape index (κ2) is 11.3. The van der Waals surface area contributed by atoms with Gasteiger partial charge in [0.15, 0.2) is 5.60 Å². The van der Waals surface area contributed by atoms with Crippen molar-refractivity contribution in [2.75, 3.05) is 0 Å². The van der Waals surface area contributed by atoms with E-state index in [1.54, 1.807) is 35.6 Å². The number of alkyl halides is 2. The zero-order chi connectivity index (χ0) is 28.2. The van der Waals surface area contributed by atoms with Crippen LogP contribution >= 0.6 is 11.3 Å². The van der Waals surface area contributed by atoms with Gasteiger partial charge in [-0.1, -0.05) is 17.9 Å². The maximum Gasteiger partial charge on any atom is 0.323 e. The fourth-order valence-corrected chi connectivity index (χ4v) is 4.48. The third-order valence-corrected chi connectivity index (χ3v) is 6.78. The lowest BCUT2D eigenvalue weighted by Gasteiger charge is -2.35. The number of hydrogen-bond acceptors (Lipinski definition) is 7. The van der Waals surface area contributed by atoms with Gasteiger partial charge in [-0.3, -0.25) is 4.98 Å². The molecule has 2 aromatic carbocycles. The highest BCUT2D eigenvalue weighted by atomic mass is 32.1. The first kappa shape index (κ1) is 27.0. The monoisotopic (exact) mass is 565 g/mol. The van der Waals surface area contributed by atoms with Crippen LogP contribution in [0.4, 0.5) is 17.6 Å². The zero-order valence-corrected chi connectivity index (χ0v) is 21.3. The molecule has 1 atom stereocenters. The van der Waals surface area contributed by atoms with Gasteiger partial charge in [-0.05, 0) is 70.4 Å². The quantitative estimate of drug-likeness (QED) is 0.209. The van der Waals surface area contributed by atoms with Crippen LogP contribution in [0, 0.1) is 23.5 Å². The Balaban J connectivity index is 1.36. The molecule has 3 aromatic heterocycles. The van der Waals surface area contributed by atoms with Crippen molar-refractivity contribution >= 4 is 11.3 Å². The van der Waals surface area contributed by atoms with Gasteiger partial charge < -0.3 is 9.84 Å². The molecule has 0 radical (unpaired) electrons. The second-order valence-electron chi connectivity index (χ2n) is 8.64. The van der Waals surface area contributed by atoms with E-state index in [2.05, 4.69) is 32.4 Å². The number of pyridine rings is 1. The maximum absolute atomic E-state index is 15.8. The number of benzene rings is 2. The molecule has 0 aliphatic rings. The van der Waals surface area contributed by atoms with E-state index in [4.69, 9.17) is 4.74 Å². The predicted octanol–water partition coefficient (Wildman–Crippen LogP) is 5.07. The molecule has 202 valence electrons. The van der Waals surface area contributed by atoms with E-state index in [0.29, 0.717) is 29.5 Å². The second-order valence-corrected chi connectivity index (χ2v) is 9.67. The highest BCUT2D eigenvalue weighted by Gasteiger charge is 2.57. The lowest BCUT2D eigenvalue weighted by molar-refractivity contribution is -0.207. The Morgan fingerprint density at radius 2 is 1.75 bits per heavy atom. The molecular formula is C28H19F4N5O2S. The van der Waals surface area contributed by atoms with Gasteiger partial charge in [0.25, 0.3) is 0 Å². The molecule has 0 saturated heterocycles. The van der Waals surface area contributed by atoms with E-state index in [0.717, 1.165) is 40.3 Å². The summed E-state index contributed by atoms with van der Waals surface area (Å²) in [6, 6.07) is 15.2. The molecule has 0 saturated carbocycles. The van der Waals surface area contributed by atoms with E-state index >= 15 is 8.78 Å². The van der Waals surface area contributed by atoms with Crippen molar-refractivity contribution in [2.24, 2.45) is 0 Å². The van der Waals surface area contributed by atoms with Crippen LogP contribution in [0.25, 0.3) is 0 Å². The summed E-state index contributed by atoms with van der Waals surface area (Å²) >= 11 is 1.60. The average Bonchev–Trinajstić information content (AvgIpc) is 3.66. The highest BCUT2D eigenvalue weighted by Crippen LogP contribution is 2.46. The highest BCUT2D eigenvalue weighted by molar-refractivity contribution is 7.09. The lowest BCUT2D eigenvalue weighted by atomic mass is 9.84. The molecule has 5 aromatic rings. The van der Waals surface area contributed by atoms with Crippen LogP contribution in [0.5, 0.6) is 5.75 Å². The van der Waals surface area contributed by atoms with E-state index in [-0.39, 0.29) is 0 Å². The maximum atomic E-state index is 15.8. The Morgan fingerprint density at radius 3 is 2.40 bits per heavy atom. The lowest BCUT2D eigenvalue weighted by Crippen LogP contribution is -2.48. The average molecular weight is 566 g/mol. The van der Waals surface area contributed by atoms with E-state index in [1.165, 1.54) is 6.07 Å². The number of aliphatic hydroxyl groups is 1. The molecule has 1 N–H and O–H groups in total. The van der Waals surface area contributed by atoms with Crippen molar-refractivity contribution in [1.82, 2.24) is 25.2 Å². The van der Waals surface area contributed by atoms with Gasteiger partial charge in [-0.25, -0.2) is 13.5 Å². The fourth-order valence-electron chi connectivity index (χ4n) is 3.86. The van der Waals surface area contributed by atoms with Gasteiger partial charge >= 0.3 is 5.92 Å². The summed E-state index contributed by atoms with van der Waals surface area (Å²) in [6.07, 6.45) is 2.10. The van der Waals surface area contributed by atoms with E-state index < -0.39 is 41.0 Å². The number of halogens is 4. The number of ether oxygens (including phenoxy) is 1. The molecule has 1 unspecified atom stereocenters. The Morgan fingerprint density at radius 1 is 0.975 bits per heavy atom. The minimum absolute atomic E-state index is 0.328. The first-order chi connectivity index (χ1) is 19.2. The molecule has 5 rings (SSSR count). The predicted molar refractivity (Wildman–Crippen MR) is 137 cm³/mol. The summed E-state index contributed by atoms with van der Waals surface area (Å²) < 4.78 is 66.3. The molecule has 7 nitrogen and oxygen atoms in total. The summed E-state index contributed by atoms with van der Waals surface area (Å²) in [5.74, 6) is -0.0532. The smallest absolute Gasteiger partial charge is 0.323 e. The van der Waals surface area contributed by atoms with Crippen molar-refractivity contribution in [3.8, 4) is 17.6 Å². The molecule has 0 aliphatic carbocycles. The van der Waals surface area contributed by atoms with Crippen molar-refractivity contribution in [1.29, 1.82) is 0 Å². The van der Waals surface area contributed by atoms with Crippen LogP contribution in [-0.4, -0.2) is 30.3 Å². The van der Waals surface area contributed by atoms with Gasteiger partial charge in [-0.2, -0.15) is 8.78 Å². The third kappa shape index (κ3) is 5.70. The Bertz CT molecular complexity index is 1640. The molecular weight excluding hydrogens is 546 g/mol. The molecule has 0 amide bonds. The van der Waals surface area contributed by atoms with Crippen molar-refractivity contribution in [2.45, 2.75) is 24.7 Å². The number of aromatic nitrogens is 5. The molecule has 12 heteroatoms. The van der Waals surface area contributed by atoms with Crippen LogP contribution in [0.15, 0.2) is 84.6 Å². The summed E-state index contributed by atoms with van der Waals surface area (Å²) in [5, 5.41) is 23.4. The number of hydrogen-bond donors (Lipinski definition) is 1. The molecule has 40 heavy (non-hydrogen) atoms. The van der Waals surface area contributed by atoms with Crippen LogP contribution in [-0.2, 0) is 24.7 Å². The van der Waals surface area contributed by atoms with Crippen LogP contribution in [0.3, 0.4) is 0 Å². The van der Waals surface area contributed by atoms with E-state index in [9.17, 15) is 13.9 Å². The van der Waals surface area contributed by atoms with Crippen molar-refractivity contribution < 1.29 is 27.4 Å². The van der Waals surface area contributed by atoms with E-state index in [1.807, 2.05) is 17.5 Å². The van der Waals surface area contributed by atoms with Gasteiger partial charge in [0.2, 0.25) is 0 Å². The first-order valence-corrected chi connectivity index (χ1v) is 12.6. The molecule has 0 spiro atoms. The summed E-state index contributed by atoms with van der Waals surface area (Å²) in [7, 11) is 0. The van der Waals surface area contributed by atoms with Gasteiger partial charge in [-0.15, -0.1) is 16.4 Å². The summed E-state index contributed by atoms with van der Waals surface area (Å²) in [4.78, 5) is 4.90. The molecule has 0 bridgehead atoms. The number of rotatable bonds is 8. The first-order valence-electron chi connectivity index (χ1n) is 11.7. The van der Waals surface area contributed by atoms with Crippen LogP contribution in [0.1, 0.15) is 27.3 Å². The normalized spacial score (nSPS) is 12.8. The SMILES string of the molecule is OC(Cn1cnnn1)(c1ccc(F)cc1F)C(F)(F)c1ccc(C#Cc2ccc(OCc3cccs3)cc2)cn1. The number of nitrogens with zero attached hydrogens (tertiary/aromatic N) is 5. The third-order valence-electron chi connectivity index (χ3n) is 5.93. The molecule has 0 aliphatic heterocycles. The molecule has 3 heterocycles. The fraction of sp³-hybridized carbons (Fsp3) is 0.143. The number of tetrazole rings is 1.